The van der Waals surface area contributed by atoms with Crippen LogP contribution in [-0.4, -0.2) is 58.0 Å². The standard InChI is InChI=1S/C21H23N3O6S/c1-29-18-6-2-4-16(14-18)8-9-20(25)22-23-21(26)17-5-3-7-19(15-17)31(27,28)24-10-12-30-13-11-24/h2-9,14-15H,10-13H2,1H3,(H,22,25)(H,23,26)/b9-8+. The molecule has 31 heavy (non-hydrogen) atoms. The molecule has 2 amide bonds. The van der Waals surface area contributed by atoms with E-state index in [0.717, 1.165) is 5.56 Å². The summed E-state index contributed by atoms with van der Waals surface area (Å²) < 4.78 is 37.1. The van der Waals surface area contributed by atoms with E-state index in [1.807, 2.05) is 0 Å². The van der Waals surface area contributed by atoms with Crippen molar-refractivity contribution < 1.29 is 27.5 Å². The highest BCUT2D eigenvalue weighted by atomic mass is 32.2. The van der Waals surface area contributed by atoms with Crippen LogP contribution in [0.5, 0.6) is 5.75 Å². The molecule has 1 saturated heterocycles. The second-order valence-corrected chi connectivity index (χ2v) is 8.54. The van der Waals surface area contributed by atoms with Crippen LogP contribution in [0.25, 0.3) is 6.08 Å². The van der Waals surface area contributed by atoms with Crippen molar-refractivity contribution in [2.24, 2.45) is 0 Å². The maximum absolute atomic E-state index is 12.7. The van der Waals surface area contributed by atoms with Crippen LogP contribution >= 0.6 is 0 Å². The molecule has 0 atom stereocenters. The van der Waals surface area contributed by atoms with Gasteiger partial charge in [0.05, 0.1) is 25.2 Å². The Morgan fingerprint density at radius 2 is 1.81 bits per heavy atom. The van der Waals surface area contributed by atoms with Crippen LogP contribution in [0, 0.1) is 0 Å². The Bertz CT molecular complexity index is 1080. The number of rotatable bonds is 6. The predicted octanol–water partition coefficient (Wildman–Crippen LogP) is 1.19. The Morgan fingerprint density at radius 1 is 1.06 bits per heavy atom. The van der Waals surface area contributed by atoms with Crippen molar-refractivity contribution in [2.45, 2.75) is 4.90 Å². The van der Waals surface area contributed by atoms with Crippen molar-refractivity contribution in [1.29, 1.82) is 0 Å². The Hall–Kier alpha value is -3.21. The highest BCUT2D eigenvalue weighted by Crippen LogP contribution is 2.18. The van der Waals surface area contributed by atoms with E-state index >= 15 is 0 Å². The molecule has 0 unspecified atom stereocenters. The summed E-state index contributed by atoms with van der Waals surface area (Å²) in [4.78, 5) is 24.4. The van der Waals surface area contributed by atoms with E-state index in [1.54, 1.807) is 37.5 Å². The molecule has 164 valence electrons. The SMILES string of the molecule is COc1cccc(/C=C/C(=O)NNC(=O)c2cccc(S(=O)(=O)N3CCOCC3)c2)c1. The van der Waals surface area contributed by atoms with Crippen LogP contribution in [-0.2, 0) is 19.6 Å². The number of hydrogen-bond acceptors (Lipinski definition) is 6. The second-order valence-electron chi connectivity index (χ2n) is 6.60. The van der Waals surface area contributed by atoms with Gasteiger partial charge in [0.1, 0.15) is 5.75 Å². The number of carbonyl (C=O) groups excluding carboxylic acids is 2. The smallest absolute Gasteiger partial charge is 0.269 e. The molecule has 1 fully saturated rings. The topological polar surface area (TPSA) is 114 Å². The Balaban J connectivity index is 1.61. The summed E-state index contributed by atoms with van der Waals surface area (Å²) in [6, 6.07) is 12.8. The molecule has 1 aliphatic heterocycles. The molecule has 0 aromatic heterocycles. The highest BCUT2D eigenvalue weighted by Gasteiger charge is 2.26. The van der Waals surface area contributed by atoms with E-state index in [1.165, 1.54) is 34.6 Å². The minimum absolute atomic E-state index is 0.00583. The summed E-state index contributed by atoms with van der Waals surface area (Å²) in [7, 11) is -2.18. The maximum Gasteiger partial charge on any atom is 0.269 e. The molecule has 0 saturated carbocycles. The number of ether oxygens (including phenoxy) is 2. The average molecular weight is 445 g/mol. The van der Waals surface area contributed by atoms with Gasteiger partial charge in [-0.15, -0.1) is 0 Å². The highest BCUT2D eigenvalue weighted by molar-refractivity contribution is 7.89. The molecule has 1 aliphatic rings. The van der Waals surface area contributed by atoms with Gasteiger partial charge in [0.2, 0.25) is 10.0 Å². The van der Waals surface area contributed by atoms with E-state index in [4.69, 9.17) is 9.47 Å². The van der Waals surface area contributed by atoms with Crippen LogP contribution in [0.15, 0.2) is 59.5 Å². The molecule has 0 spiro atoms. The first-order chi connectivity index (χ1) is 14.9. The molecule has 2 aromatic rings. The minimum atomic E-state index is -3.73. The zero-order valence-corrected chi connectivity index (χ0v) is 17.7. The van der Waals surface area contributed by atoms with Crippen molar-refractivity contribution in [2.75, 3.05) is 33.4 Å². The van der Waals surface area contributed by atoms with E-state index in [9.17, 15) is 18.0 Å². The molecule has 0 bridgehead atoms. The van der Waals surface area contributed by atoms with Crippen molar-refractivity contribution in [1.82, 2.24) is 15.2 Å². The Labute approximate surface area is 180 Å². The lowest BCUT2D eigenvalue weighted by Crippen LogP contribution is -2.41. The zero-order chi connectivity index (χ0) is 22.3. The molecule has 0 aliphatic carbocycles. The first kappa shape index (κ1) is 22.5. The van der Waals surface area contributed by atoms with Gasteiger partial charge < -0.3 is 9.47 Å². The van der Waals surface area contributed by atoms with E-state index in [0.29, 0.717) is 19.0 Å². The van der Waals surface area contributed by atoms with Gasteiger partial charge >= 0.3 is 0 Å². The number of sulfonamides is 1. The Morgan fingerprint density at radius 3 is 2.55 bits per heavy atom. The number of nitrogens with one attached hydrogen (secondary N) is 2. The van der Waals surface area contributed by atoms with Gasteiger partial charge in [0, 0.05) is 24.7 Å². The van der Waals surface area contributed by atoms with Gasteiger partial charge in [-0.05, 0) is 42.0 Å². The van der Waals surface area contributed by atoms with Gasteiger partial charge in [-0.2, -0.15) is 4.31 Å². The fraction of sp³-hybridized carbons (Fsp3) is 0.238. The number of hydrazine groups is 1. The fourth-order valence-corrected chi connectivity index (χ4v) is 4.34. The summed E-state index contributed by atoms with van der Waals surface area (Å²) in [5.74, 6) is -0.529. The molecule has 2 N–H and O–H groups in total. The molecule has 10 heteroatoms. The summed E-state index contributed by atoms with van der Waals surface area (Å²) in [5, 5.41) is 0. The molecule has 2 aromatic carbocycles. The monoisotopic (exact) mass is 445 g/mol. The van der Waals surface area contributed by atoms with Gasteiger partial charge in [-0.3, -0.25) is 20.4 Å². The van der Waals surface area contributed by atoms with Crippen molar-refractivity contribution in [3.63, 3.8) is 0 Å². The lowest BCUT2D eigenvalue weighted by Gasteiger charge is -2.26. The van der Waals surface area contributed by atoms with Gasteiger partial charge in [0.25, 0.3) is 11.8 Å². The van der Waals surface area contributed by atoms with Gasteiger partial charge in [-0.25, -0.2) is 8.42 Å². The van der Waals surface area contributed by atoms with Crippen molar-refractivity contribution >= 4 is 27.9 Å². The lowest BCUT2D eigenvalue weighted by molar-refractivity contribution is -0.117. The average Bonchev–Trinajstić information content (AvgIpc) is 2.82. The summed E-state index contributed by atoms with van der Waals surface area (Å²) in [6.45, 7) is 1.17. The van der Waals surface area contributed by atoms with Crippen LogP contribution < -0.4 is 15.6 Å². The summed E-state index contributed by atoms with van der Waals surface area (Å²) in [5.41, 5.74) is 5.40. The third kappa shape index (κ3) is 5.91. The van der Waals surface area contributed by atoms with Crippen LogP contribution in [0.1, 0.15) is 15.9 Å². The van der Waals surface area contributed by atoms with Crippen LogP contribution in [0.4, 0.5) is 0 Å². The zero-order valence-electron chi connectivity index (χ0n) is 16.9. The quantitative estimate of drug-likeness (QED) is 0.510. The molecule has 0 radical (unpaired) electrons. The van der Waals surface area contributed by atoms with E-state index in [-0.39, 0.29) is 23.5 Å². The van der Waals surface area contributed by atoms with Gasteiger partial charge in [-0.1, -0.05) is 18.2 Å². The third-order valence-corrected chi connectivity index (χ3v) is 6.42. The fourth-order valence-electron chi connectivity index (χ4n) is 2.88. The normalized spacial score (nSPS) is 14.9. The molecule has 9 nitrogen and oxygen atoms in total. The van der Waals surface area contributed by atoms with Crippen LogP contribution in [0.3, 0.4) is 0 Å². The molecular formula is C21H23N3O6S. The van der Waals surface area contributed by atoms with Crippen molar-refractivity contribution in [3.05, 3.63) is 65.7 Å². The third-order valence-electron chi connectivity index (χ3n) is 4.52. The summed E-state index contributed by atoms with van der Waals surface area (Å²) >= 11 is 0. The summed E-state index contributed by atoms with van der Waals surface area (Å²) in [6.07, 6.45) is 2.83. The van der Waals surface area contributed by atoms with Crippen LogP contribution in [0.2, 0.25) is 0 Å². The molecule has 3 rings (SSSR count). The number of methoxy groups -OCH3 is 1. The first-order valence-electron chi connectivity index (χ1n) is 9.50. The minimum Gasteiger partial charge on any atom is -0.497 e. The number of carbonyl (C=O) groups is 2. The Kier molecular flexibility index (Phi) is 7.40. The number of benzene rings is 2. The van der Waals surface area contributed by atoms with E-state index in [2.05, 4.69) is 10.9 Å². The van der Waals surface area contributed by atoms with Crippen molar-refractivity contribution in [3.8, 4) is 5.75 Å². The lowest BCUT2D eigenvalue weighted by atomic mass is 10.2. The maximum atomic E-state index is 12.7. The number of nitrogens with zero attached hydrogens (tertiary/aromatic N) is 1. The molecule has 1 heterocycles. The largest absolute Gasteiger partial charge is 0.497 e. The van der Waals surface area contributed by atoms with Gasteiger partial charge in [0.15, 0.2) is 0 Å². The number of hydrogen-bond donors (Lipinski definition) is 2. The second kappa shape index (κ2) is 10.2. The number of amides is 2. The predicted molar refractivity (Wildman–Crippen MR) is 114 cm³/mol. The molecular weight excluding hydrogens is 422 g/mol. The first-order valence-corrected chi connectivity index (χ1v) is 10.9. The van der Waals surface area contributed by atoms with E-state index < -0.39 is 21.8 Å². The number of morpholine rings is 1.